The molecule has 1 atom stereocenters. The molecule has 0 aliphatic rings. The van der Waals surface area contributed by atoms with E-state index in [0.717, 1.165) is 21.3 Å². The first-order valence-corrected chi connectivity index (χ1v) is 13.8. The number of halogens is 3. The van der Waals surface area contributed by atoms with Crippen molar-refractivity contribution in [3.8, 4) is 28.8 Å². The number of nitrogens with one attached hydrogen (secondary N) is 1. The zero-order chi connectivity index (χ0) is 31.8. The molecule has 0 aliphatic carbocycles. The Bertz CT molecular complexity index is 1920. The highest BCUT2D eigenvalue weighted by atomic mass is 19.4. The molecule has 44 heavy (non-hydrogen) atoms. The number of carbonyl (C=O) groups is 1. The van der Waals surface area contributed by atoms with Crippen LogP contribution in [0.15, 0.2) is 76.2 Å². The molecular weight excluding hydrogens is 575 g/mol. The Kier molecular flexibility index (Phi) is 8.01. The number of imidazole rings is 1. The van der Waals surface area contributed by atoms with Gasteiger partial charge in [-0.1, -0.05) is 26.8 Å². The fourth-order valence-corrected chi connectivity index (χ4v) is 4.93. The van der Waals surface area contributed by atoms with Gasteiger partial charge in [-0.15, -0.1) is 0 Å². The zero-order valence-corrected chi connectivity index (χ0v) is 24.3. The van der Waals surface area contributed by atoms with E-state index in [-0.39, 0.29) is 28.9 Å². The van der Waals surface area contributed by atoms with E-state index in [1.807, 2.05) is 26.8 Å². The second kappa shape index (κ2) is 11.7. The summed E-state index contributed by atoms with van der Waals surface area (Å²) in [6.07, 6.45) is -1.02. The highest BCUT2D eigenvalue weighted by molar-refractivity contribution is 5.83. The molecule has 2 aromatic carbocycles. The maximum Gasteiger partial charge on any atom is 0.416 e. The highest BCUT2D eigenvalue weighted by Gasteiger charge is 2.33. The third-order valence-corrected chi connectivity index (χ3v) is 7.18. The first kappa shape index (κ1) is 30.1. The van der Waals surface area contributed by atoms with Gasteiger partial charge in [0.2, 0.25) is 5.89 Å². The van der Waals surface area contributed by atoms with E-state index < -0.39 is 29.5 Å². The van der Waals surface area contributed by atoms with Crippen LogP contribution >= 0.6 is 0 Å². The summed E-state index contributed by atoms with van der Waals surface area (Å²) in [6, 6.07) is 12.9. The van der Waals surface area contributed by atoms with E-state index in [9.17, 15) is 28.0 Å². The standard InChI is InChI=1S/C31H28F3N7O3/c1-5-24-17-36-28(44-24)26(18(2)3)38-29(42)40-27(25-13-14-37-41(25)22-11-9-20(16-35)10-12-22)19(4)39(30(40)43)23-8-6-7-21(15-23)31(32,33)34/h6-15,17-18,26H,5H2,1-4H3,(H,38,42)/t26-/m0/s1. The lowest BCUT2D eigenvalue weighted by Crippen LogP contribution is -2.40. The molecule has 3 heterocycles. The lowest BCUT2D eigenvalue weighted by molar-refractivity contribution is -0.137. The molecule has 0 saturated heterocycles. The van der Waals surface area contributed by atoms with Crippen molar-refractivity contribution in [3.05, 3.63) is 106 Å². The Morgan fingerprint density at radius 2 is 1.84 bits per heavy atom. The largest absolute Gasteiger partial charge is 0.443 e. The number of aryl methyl sites for hydroxylation is 1. The lowest BCUT2D eigenvalue weighted by atomic mass is 10.0. The van der Waals surface area contributed by atoms with Gasteiger partial charge in [0.05, 0.1) is 52.4 Å². The van der Waals surface area contributed by atoms with Crippen molar-refractivity contribution in [2.24, 2.45) is 5.92 Å². The predicted molar refractivity (Wildman–Crippen MR) is 154 cm³/mol. The van der Waals surface area contributed by atoms with Gasteiger partial charge in [0, 0.05) is 6.42 Å². The van der Waals surface area contributed by atoms with Crippen LogP contribution in [0.4, 0.5) is 18.0 Å². The summed E-state index contributed by atoms with van der Waals surface area (Å²) in [4.78, 5) is 32.4. The summed E-state index contributed by atoms with van der Waals surface area (Å²) in [5, 5.41) is 16.4. The minimum Gasteiger partial charge on any atom is -0.443 e. The van der Waals surface area contributed by atoms with Gasteiger partial charge >= 0.3 is 17.9 Å². The number of alkyl halides is 3. The molecule has 0 saturated carbocycles. The van der Waals surface area contributed by atoms with E-state index in [2.05, 4.69) is 15.4 Å². The molecule has 5 rings (SSSR count). The number of hydrogen-bond acceptors (Lipinski definition) is 6. The Morgan fingerprint density at radius 3 is 2.45 bits per heavy atom. The van der Waals surface area contributed by atoms with Crippen LogP contribution in [0.3, 0.4) is 0 Å². The summed E-state index contributed by atoms with van der Waals surface area (Å²) in [6.45, 7) is 7.14. The first-order valence-electron chi connectivity index (χ1n) is 13.8. The molecule has 1 N–H and O–H groups in total. The second-order valence-electron chi connectivity index (χ2n) is 10.4. The smallest absolute Gasteiger partial charge is 0.416 e. The molecule has 0 unspecified atom stereocenters. The molecule has 0 spiro atoms. The maximum atomic E-state index is 14.1. The Labute approximate surface area is 250 Å². The van der Waals surface area contributed by atoms with Crippen molar-refractivity contribution < 1.29 is 22.4 Å². The molecule has 0 aliphatic heterocycles. The van der Waals surface area contributed by atoms with Crippen molar-refractivity contribution in [2.45, 2.75) is 46.3 Å². The van der Waals surface area contributed by atoms with Crippen molar-refractivity contribution in [2.75, 3.05) is 0 Å². The van der Waals surface area contributed by atoms with Crippen molar-refractivity contribution in [3.63, 3.8) is 0 Å². The van der Waals surface area contributed by atoms with E-state index in [0.29, 0.717) is 29.1 Å². The van der Waals surface area contributed by atoms with Gasteiger partial charge in [0.1, 0.15) is 17.5 Å². The van der Waals surface area contributed by atoms with Gasteiger partial charge in [-0.2, -0.15) is 23.5 Å². The number of benzene rings is 2. The molecule has 5 aromatic rings. The normalized spacial score (nSPS) is 12.3. The minimum absolute atomic E-state index is 0.0692. The summed E-state index contributed by atoms with van der Waals surface area (Å²) < 4.78 is 50.1. The summed E-state index contributed by atoms with van der Waals surface area (Å²) in [7, 11) is 0. The van der Waals surface area contributed by atoms with Crippen LogP contribution in [0.2, 0.25) is 0 Å². The van der Waals surface area contributed by atoms with E-state index in [1.165, 1.54) is 23.0 Å². The molecule has 10 nitrogen and oxygen atoms in total. The van der Waals surface area contributed by atoms with Crippen LogP contribution in [0.25, 0.3) is 22.8 Å². The quantitative estimate of drug-likeness (QED) is 0.236. The van der Waals surface area contributed by atoms with Gasteiger partial charge in [-0.3, -0.25) is 4.57 Å². The number of oxazole rings is 1. The number of hydrogen-bond donors (Lipinski definition) is 1. The number of rotatable bonds is 7. The zero-order valence-electron chi connectivity index (χ0n) is 24.3. The third-order valence-electron chi connectivity index (χ3n) is 7.18. The van der Waals surface area contributed by atoms with Gasteiger partial charge in [0.25, 0.3) is 0 Å². The molecule has 226 valence electrons. The molecule has 3 aromatic heterocycles. The van der Waals surface area contributed by atoms with Crippen molar-refractivity contribution >= 4 is 6.03 Å². The van der Waals surface area contributed by atoms with Crippen LogP contribution in [0.1, 0.15) is 55.3 Å². The number of amides is 1. The Morgan fingerprint density at radius 1 is 1.11 bits per heavy atom. The Balaban J connectivity index is 1.71. The van der Waals surface area contributed by atoms with Crippen LogP contribution < -0.4 is 11.0 Å². The number of aromatic nitrogens is 5. The van der Waals surface area contributed by atoms with Crippen LogP contribution in [-0.2, 0) is 12.6 Å². The average Bonchev–Trinajstić information content (AvgIpc) is 3.73. The number of nitriles is 1. The first-order chi connectivity index (χ1) is 20.9. The monoisotopic (exact) mass is 603 g/mol. The van der Waals surface area contributed by atoms with E-state index in [4.69, 9.17) is 4.42 Å². The number of nitrogens with zero attached hydrogens (tertiary/aromatic N) is 6. The van der Waals surface area contributed by atoms with Crippen LogP contribution in [0.5, 0.6) is 0 Å². The number of carbonyl (C=O) groups excluding carboxylic acids is 1. The van der Waals surface area contributed by atoms with Crippen molar-refractivity contribution in [1.29, 1.82) is 5.26 Å². The fraction of sp³-hybridized carbons (Fsp3) is 0.258. The van der Waals surface area contributed by atoms with Gasteiger partial charge in [0.15, 0.2) is 0 Å². The molecule has 0 bridgehead atoms. The van der Waals surface area contributed by atoms with Gasteiger partial charge in [-0.25, -0.2) is 23.8 Å². The van der Waals surface area contributed by atoms with E-state index in [1.54, 1.807) is 43.5 Å². The van der Waals surface area contributed by atoms with E-state index >= 15 is 0 Å². The molecule has 13 heteroatoms. The third kappa shape index (κ3) is 5.54. The molecular formula is C31H28F3N7O3. The predicted octanol–water partition coefficient (Wildman–Crippen LogP) is 6.20. The van der Waals surface area contributed by atoms with Gasteiger partial charge < -0.3 is 9.73 Å². The maximum absolute atomic E-state index is 14.1. The summed E-state index contributed by atoms with van der Waals surface area (Å²) >= 11 is 0. The minimum atomic E-state index is -4.65. The lowest BCUT2D eigenvalue weighted by Gasteiger charge is -2.20. The second-order valence-corrected chi connectivity index (χ2v) is 10.4. The SMILES string of the molecule is CCc1cnc([C@@H](NC(=O)n2c(-c3ccnn3-c3ccc(C#N)cc3)c(C)n(-c3cccc(C(F)(F)F)c3)c2=O)C(C)C)o1. The average molecular weight is 604 g/mol. The summed E-state index contributed by atoms with van der Waals surface area (Å²) in [5.41, 5.74) is -0.328. The molecule has 0 fully saturated rings. The fourth-order valence-electron chi connectivity index (χ4n) is 4.93. The molecule has 0 radical (unpaired) electrons. The van der Waals surface area contributed by atoms with Crippen LogP contribution in [0, 0.1) is 24.2 Å². The molecule has 1 amide bonds. The summed E-state index contributed by atoms with van der Waals surface area (Å²) in [5.74, 6) is 0.685. The van der Waals surface area contributed by atoms with Gasteiger partial charge in [-0.05, 0) is 61.4 Å². The topological polar surface area (TPSA) is 124 Å². The Hall–Kier alpha value is -5.38. The van der Waals surface area contributed by atoms with Crippen molar-refractivity contribution in [1.82, 2.24) is 29.2 Å². The van der Waals surface area contributed by atoms with Crippen LogP contribution in [-0.4, -0.2) is 29.9 Å². The highest BCUT2D eigenvalue weighted by Crippen LogP contribution is 2.32.